The van der Waals surface area contributed by atoms with Crippen LogP contribution in [0.2, 0.25) is 0 Å². The molecule has 0 N–H and O–H groups in total. The fourth-order valence-corrected chi connectivity index (χ4v) is 5.48. The van der Waals surface area contributed by atoms with E-state index in [1.165, 1.54) is 0 Å². The van der Waals surface area contributed by atoms with E-state index < -0.39 is 5.60 Å². The molecule has 0 heterocycles. The predicted octanol–water partition coefficient (Wildman–Crippen LogP) is 6.85. The zero-order chi connectivity index (χ0) is 35.4. The molecule has 0 aromatic heterocycles. The van der Waals surface area contributed by atoms with Gasteiger partial charge in [-0.2, -0.15) is 0 Å². The molecule has 50 heavy (non-hydrogen) atoms. The number of unbranched alkanes of at least 4 members (excludes halogenated alkanes) is 1. The first-order chi connectivity index (χ1) is 24.7. The second-order valence-corrected chi connectivity index (χ2v) is 11.7. The minimum atomic E-state index is -0.751. The van der Waals surface area contributed by atoms with Gasteiger partial charge in [-0.1, -0.05) is 118 Å². The van der Waals surface area contributed by atoms with E-state index in [1.807, 2.05) is 61.5 Å². The van der Waals surface area contributed by atoms with Crippen molar-refractivity contribution in [1.29, 1.82) is 0 Å². The average molecular weight is 695 g/mol. The highest BCUT2D eigenvalue weighted by molar-refractivity contribution is 5.72. The first-order valence-corrected chi connectivity index (χ1v) is 18.2. The van der Waals surface area contributed by atoms with Crippen LogP contribution < -0.4 is 0 Å². The van der Waals surface area contributed by atoms with E-state index in [2.05, 4.69) is 43.3 Å². The second-order valence-electron chi connectivity index (χ2n) is 11.7. The monoisotopic (exact) mass is 694 g/mol. The lowest BCUT2D eigenvalue weighted by atomic mass is 9.80. The fraction of sp³-hybridized carbons (Fsp3) is 0.537. The maximum atomic E-state index is 12.1. The van der Waals surface area contributed by atoms with Crippen molar-refractivity contribution in [3.05, 3.63) is 108 Å². The Balaban J connectivity index is 1.15. The average Bonchev–Trinajstić information content (AvgIpc) is 3.16. The molecule has 0 saturated heterocycles. The Morgan fingerprint density at radius 3 is 1.18 bits per heavy atom. The van der Waals surface area contributed by atoms with Crippen LogP contribution in [0.4, 0.5) is 0 Å². The number of carbonyl (C=O) groups excluding carboxylic acids is 1. The van der Waals surface area contributed by atoms with Gasteiger partial charge in [0.25, 0.3) is 0 Å². The van der Waals surface area contributed by atoms with Gasteiger partial charge in [0.15, 0.2) is 0 Å². The van der Waals surface area contributed by atoms with Gasteiger partial charge < -0.3 is 37.9 Å². The number of esters is 1. The molecule has 9 heteroatoms. The van der Waals surface area contributed by atoms with Gasteiger partial charge in [-0.15, -0.1) is 0 Å². The zero-order valence-corrected chi connectivity index (χ0v) is 30.1. The van der Waals surface area contributed by atoms with Crippen LogP contribution in [-0.2, 0) is 48.3 Å². The Labute approximate surface area is 299 Å². The summed E-state index contributed by atoms with van der Waals surface area (Å²) >= 11 is 0. The van der Waals surface area contributed by atoms with E-state index in [1.54, 1.807) is 0 Å². The lowest BCUT2D eigenvalue weighted by Gasteiger charge is -2.36. The summed E-state index contributed by atoms with van der Waals surface area (Å²) in [5.74, 6) is -0.124. The van der Waals surface area contributed by atoms with Gasteiger partial charge in [-0.3, -0.25) is 4.79 Å². The molecule has 1 unspecified atom stereocenters. The summed E-state index contributed by atoms with van der Waals surface area (Å²) in [4.78, 5) is 12.1. The fourth-order valence-electron chi connectivity index (χ4n) is 5.48. The summed E-state index contributed by atoms with van der Waals surface area (Å²) in [5, 5.41) is 0. The summed E-state index contributed by atoms with van der Waals surface area (Å²) in [6, 6.07) is 31.0. The molecule has 0 aliphatic carbocycles. The lowest BCUT2D eigenvalue weighted by molar-refractivity contribution is -0.150. The van der Waals surface area contributed by atoms with E-state index in [0.717, 1.165) is 42.4 Å². The molecule has 3 aromatic rings. The van der Waals surface area contributed by atoms with E-state index in [9.17, 15) is 4.79 Å². The molecule has 9 nitrogen and oxygen atoms in total. The molecule has 0 bridgehead atoms. The van der Waals surface area contributed by atoms with Gasteiger partial charge in [-0.05, 0) is 29.5 Å². The van der Waals surface area contributed by atoms with Crippen molar-refractivity contribution < 1.29 is 42.7 Å². The standard InChI is InChI=1S/C41H58O9/c1-3-5-15-36(4-2)40(42)49-34-32-47-30-28-45-26-24-43-22-23-44-25-27-46-29-31-48-33-35-50-41(37-16-9-6-10-17-37,38-18-11-7-12-19-38)39-20-13-8-14-21-39/h6-14,16-21,36H,3-5,15,22-35H2,1-2H3. The molecule has 0 aliphatic rings. The molecule has 0 spiro atoms. The van der Waals surface area contributed by atoms with Gasteiger partial charge in [0.2, 0.25) is 0 Å². The molecule has 276 valence electrons. The van der Waals surface area contributed by atoms with Gasteiger partial charge in [0.05, 0.1) is 91.8 Å². The van der Waals surface area contributed by atoms with Crippen LogP contribution in [0.15, 0.2) is 91.0 Å². The Morgan fingerprint density at radius 1 is 0.500 bits per heavy atom. The molecule has 1 atom stereocenters. The third kappa shape index (κ3) is 15.4. The third-order valence-corrected chi connectivity index (χ3v) is 8.15. The van der Waals surface area contributed by atoms with Crippen LogP contribution in [0.5, 0.6) is 0 Å². The highest BCUT2D eigenvalue weighted by Crippen LogP contribution is 2.40. The number of rotatable bonds is 30. The van der Waals surface area contributed by atoms with Crippen LogP contribution >= 0.6 is 0 Å². The van der Waals surface area contributed by atoms with Crippen molar-refractivity contribution in [2.75, 3.05) is 92.5 Å². The summed E-state index contributed by atoms with van der Waals surface area (Å²) < 4.78 is 45.6. The molecular formula is C41H58O9. The predicted molar refractivity (Wildman–Crippen MR) is 194 cm³/mol. The van der Waals surface area contributed by atoms with E-state index in [0.29, 0.717) is 85.9 Å². The highest BCUT2D eigenvalue weighted by Gasteiger charge is 2.37. The van der Waals surface area contributed by atoms with Gasteiger partial charge in [0.1, 0.15) is 12.2 Å². The van der Waals surface area contributed by atoms with E-state index in [4.69, 9.17) is 37.9 Å². The summed E-state index contributed by atoms with van der Waals surface area (Å²) in [6.45, 7) is 10.4. The Hall–Kier alpha value is -3.15. The van der Waals surface area contributed by atoms with E-state index >= 15 is 0 Å². The third-order valence-electron chi connectivity index (χ3n) is 8.15. The number of benzene rings is 3. The maximum Gasteiger partial charge on any atom is 0.308 e. The summed E-state index contributed by atoms with van der Waals surface area (Å²) in [5.41, 5.74) is 2.45. The van der Waals surface area contributed by atoms with Crippen LogP contribution in [0.25, 0.3) is 0 Å². The minimum Gasteiger partial charge on any atom is -0.463 e. The van der Waals surface area contributed by atoms with Crippen LogP contribution in [0.1, 0.15) is 56.2 Å². The molecule has 0 fully saturated rings. The van der Waals surface area contributed by atoms with Crippen LogP contribution in [0.3, 0.4) is 0 Å². The topological polar surface area (TPSA) is 90.9 Å². The summed E-state index contributed by atoms with van der Waals surface area (Å²) in [7, 11) is 0. The second kappa shape index (κ2) is 26.6. The van der Waals surface area contributed by atoms with Crippen molar-refractivity contribution in [3.63, 3.8) is 0 Å². The Kier molecular flexibility index (Phi) is 22.0. The highest BCUT2D eigenvalue weighted by atomic mass is 16.6. The lowest BCUT2D eigenvalue weighted by Crippen LogP contribution is -2.34. The van der Waals surface area contributed by atoms with Crippen LogP contribution in [-0.4, -0.2) is 98.5 Å². The number of hydrogen-bond donors (Lipinski definition) is 0. The number of carbonyl (C=O) groups is 1. The van der Waals surface area contributed by atoms with Gasteiger partial charge >= 0.3 is 5.97 Å². The molecule has 3 aromatic carbocycles. The van der Waals surface area contributed by atoms with Crippen molar-refractivity contribution in [2.24, 2.45) is 5.92 Å². The summed E-state index contributed by atoms with van der Waals surface area (Å²) in [6.07, 6.45) is 3.83. The first-order valence-electron chi connectivity index (χ1n) is 18.2. The minimum absolute atomic E-state index is 0.00540. The smallest absolute Gasteiger partial charge is 0.308 e. The van der Waals surface area contributed by atoms with Gasteiger partial charge in [0, 0.05) is 0 Å². The van der Waals surface area contributed by atoms with E-state index in [-0.39, 0.29) is 18.5 Å². The molecule has 0 aliphatic heterocycles. The molecule has 3 rings (SSSR count). The molecule has 0 saturated carbocycles. The SMILES string of the molecule is CCCCC(CC)C(=O)OCCOCCOCCOCCOCCOCCOCCOC(c1ccccc1)(c1ccccc1)c1ccccc1. The van der Waals surface area contributed by atoms with Crippen molar-refractivity contribution in [2.45, 2.75) is 45.1 Å². The largest absolute Gasteiger partial charge is 0.463 e. The molecular weight excluding hydrogens is 636 g/mol. The number of ether oxygens (including phenoxy) is 8. The van der Waals surface area contributed by atoms with Gasteiger partial charge in [-0.25, -0.2) is 0 Å². The zero-order valence-electron chi connectivity index (χ0n) is 30.1. The molecule has 0 amide bonds. The number of hydrogen-bond acceptors (Lipinski definition) is 9. The van der Waals surface area contributed by atoms with Crippen LogP contribution in [0, 0.1) is 5.92 Å². The maximum absolute atomic E-state index is 12.1. The molecule has 0 radical (unpaired) electrons. The van der Waals surface area contributed by atoms with Crippen molar-refractivity contribution in [3.8, 4) is 0 Å². The van der Waals surface area contributed by atoms with Crippen molar-refractivity contribution >= 4 is 5.97 Å². The normalized spacial score (nSPS) is 12.2. The quantitative estimate of drug-likeness (QED) is 0.0422. The first kappa shape index (κ1) is 41.3. The van der Waals surface area contributed by atoms with Crippen molar-refractivity contribution in [1.82, 2.24) is 0 Å². The Morgan fingerprint density at radius 2 is 0.840 bits per heavy atom. The Bertz CT molecular complexity index is 1130.